The number of nitrogens with zero attached hydrogens (tertiary/aromatic N) is 3. The minimum Gasteiger partial charge on any atom is -0.445 e. The van der Waals surface area contributed by atoms with Crippen LogP contribution in [-0.2, 0) is 17.9 Å². The zero-order chi connectivity index (χ0) is 18.4. The molecule has 0 saturated heterocycles. The van der Waals surface area contributed by atoms with Crippen LogP contribution in [0.1, 0.15) is 16.8 Å². The number of rotatable bonds is 5. The van der Waals surface area contributed by atoms with Crippen molar-refractivity contribution in [3.63, 3.8) is 0 Å². The van der Waals surface area contributed by atoms with Gasteiger partial charge in [-0.15, -0.1) is 0 Å². The molecule has 1 heterocycles. The van der Waals surface area contributed by atoms with Crippen LogP contribution in [0, 0.1) is 11.3 Å². The number of amides is 1. The Hall–Kier alpha value is -3.59. The van der Waals surface area contributed by atoms with Crippen molar-refractivity contribution in [2.24, 2.45) is 0 Å². The van der Waals surface area contributed by atoms with Gasteiger partial charge in [-0.05, 0) is 29.8 Å². The number of hydrogen-bond acceptors (Lipinski definition) is 5. The molecule has 0 aliphatic carbocycles. The lowest BCUT2D eigenvalue weighted by molar-refractivity contribution is 0.102. The number of hydrogen-bond donors (Lipinski definition) is 0. The van der Waals surface area contributed by atoms with Gasteiger partial charge in [0.05, 0.1) is 23.9 Å². The molecular weight excluding hydrogens is 330 g/mol. The van der Waals surface area contributed by atoms with Crippen LogP contribution >= 0.6 is 0 Å². The van der Waals surface area contributed by atoms with E-state index in [2.05, 4.69) is 11.1 Å². The van der Waals surface area contributed by atoms with Gasteiger partial charge in [-0.1, -0.05) is 30.3 Å². The maximum atomic E-state index is 12.1. The van der Waals surface area contributed by atoms with E-state index in [1.165, 1.54) is 11.2 Å². The lowest BCUT2D eigenvalue weighted by Crippen LogP contribution is -2.27. The lowest BCUT2D eigenvalue weighted by atomic mass is 10.1. The van der Waals surface area contributed by atoms with Crippen molar-refractivity contribution in [2.45, 2.75) is 13.2 Å². The first-order chi connectivity index (χ1) is 12.7. The molecule has 0 aliphatic rings. The quantitative estimate of drug-likeness (QED) is 0.697. The Labute approximate surface area is 151 Å². The molecule has 1 amide bonds. The van der Waals surface area contributed by atoms with Gasteiger partial charge in [-0.2, -0.15) is 5.26 Å². The van der Waals surface area contributed by atoms with E-state index in [0.29, 0.717) is 17.1 Å². The van der Waals surface area contributed by atoms with Crippen LogP contribution in [0.3, 0.4) is 0 Å². The van der Waals surface area contributed by atoms with E-state index in [-0.39, 0.29) is 13.2 Å². The second-order valence-corrected chi connectivity index (χ2v) is 5.73. The molecular formula is C20H17N3O3. The number of nitriles is 1. The van der Waals surface area contributed by atoms with Crippen LogP contribution in [0.5, 0.6) is 0 Å². The van der Waals surface area contributed by atoms with Gasteiger partial charge in [0.1, 0.15) is 12.9 Å². The second-order valence-electron chi connectivity index (χ2n) is 5.73. The predicted molar refractivity (Wildman–Crippen MR) is 94.7 cm³/mol. The summed E-state index contributed by atoms with van der Waals surface area (Å²) in [6.07, 6.45) is 1.07. The van der Waals surface area contributed by atoms with E-state index in [4.69, 9.17) is 14.4 Å². The molecule has 0 radical (unpaired) electrons. The Morgan fingerprint density at radius 2 is 1.92 bits per heavy atom. The average molecular weight is 347 g/mol. The van der Waals surface area contributed by atoms with Gasteiger partial charge in [0.25, 0.3) is 0 Å². The van der Waals surface area contributed by atoms with E-state index in [1.807, 2.05) is 30.3 Å². The molecule has 0 N–H and O–H groups in total. The highest BCUT2D eigenvalue weighted by atomic mass is 16.6. The molecule has 3 aromatic rings. The molecule has 0 atom stereocenters. The highest BCUT2D eigenvalue weighted by Gasteiger charge is 2.14. The van der Waals surface area contributed by atoms with Crippen molar-refractivity contribution in [3.05, 3.63) is 77.7 Å². The molecule has 0 saturated carbocycles. The first-order valence-corrected chi connectivity index (χ1v) is 8.02. The van der Waals surface area contributed by atoms with Gasteiger partial charge >= 0.3 is 6.09 Å². The third kappa shape index (κ3) is 4.28. The highest BCUT2D eigenvalue weighted by molar-refractivity contribution is 5.67. The molecule has 26 heavy (non-hydrogen) atoms. The fourth-order valence-corrected chi connectivity index (χ4v) is 2.34. The normalized spacial score (nSPS) is 10.2. The van der Waals surface area contributed by atoms with E-state index in [1.54, 1.807) is 31.3 Å². The standard InChI is InChI=1S/C20H17N3O3/c1-23(20(24)26-13-16-5-3-2-4-6-16)12-18-14-25-19(22-18)17-9-7-15(11-21)8-10-17/h2-10,14H,12-13H2,1H3. The molecule has 0 spiro atoms. The number of oxazole rings is 1. The van der Waals surface area contributed by atoms with Crippen molar-refractivity contribution < 1.29 is 13.9 Å². The first kappa shape index (κ1) is 17.2. The summed E-state index contributed by atoms with van der Waals surface area (Å²) >= 11 is 0. The summed E-state index contributed by atoms with van der Waals surface area (Å²) in [5, 5.41) is 8.83. The molecule has 1 aromatic heterocycles. The van der Waals surface area contributed by atoms with Crippen molar-refractivity contribution in [2.75, 3.05) is 7.05 Å². The van der Waals surface area contributed by atoms with E-state index in [9.17, 15) is 4.79 Å². The SMILES string of the molecule is CN(Cc1coc(-c2ccc(C#N)cc2)n1)C(=O)OCc1ccccc1. The largest absolute Gasteiger partial charge is 0.445 e. The molecule has 6 heteroatoms. The van der Waals surface area contributed by atoms with E-state index < -0.39 is 6.09 Å². The van der Waals surface area contributed by atoms with Crippen LogP contribution in [0.4, 0.5) is 4.79 Å². The van der Waals surface area contributed by atoms with Crippen molar-refractivity contribution in [1.82, 2.24) is 9.88 Å². The zero-order valence-corrected chi connectivity index (χ0v) is 14.3. The summed E-state index contributed by atoms with van der Waals surface area (Å²) in [5.74, 6) is 0.440. The summed E-state index contributed by atoms with van der Waals surface area (Å²) in [4.78, 5) is 17.9. The van der Waals surface area contributed by atoms with E-state index >= 15 is 0 Å². The Balaban J connectivity index is 1.57. The molecule has 2 aromatic carbocycles. The van der Waals surface area contributed by atoms with Gasteiger partial charge in [0.2, 0.25) is 5.89 Å². The van der Waals surface area contributed by atoms with Gasteiger partial charge in [-0.25, -0.2) is 9.78 Å². The third-order valence-corrected chi connectivity index (χ3v) is 3.73. The number of carbonyl (C=O) groups excluding carboxylic acids is 1. The number of benzene rings is 2. The molecule has 0 fully saturated rings. The molecule has 0 aliphatic heterocycles. The van der Waals surface area contributed by atoms with Gasteiger partial charge in [0, 0.05) is 12.6 Å². The van der Waals surface area contributed by atoms with Crippen LogP contribution in [-0.4, -0.2) is 23.0 Å². The Kier molecular flexibility index (Phi) is 5.30. The van der Waals surface area contributed by atoms with Crippen LogP contribution < -0.4 is 0 Å². The fraction of sp³-hybridized carbons (Fsp3) is 0.150. The van der Waals surface area contributed by atoms with Crippen LogP contribution in [0.2, 0.25) is 0 Å². The summed E-state index contributed by atoms with van der Waals surface area (Å²) in [6.45, 7) is 0.493. The maximum Gasteiger partial charge on any atom is 0.410 e. The van der Waals surface area contributed by atoms with Crippen molar-refractivity contribution in [1.29, 1.82) is 5.26 Å². The number of ether oxygens (including phenoxy) is 1. The molecule has 3 rings (SSSR count). The average Bonchev–Trinajstić information content (AvgIpc) is 3.15. The summed E-state index contributed by atoms with van der Waals surface area (Å²) in [7, 11) is 1.64. The second kappa shape index (κ2) is 7.99. The molecule has 6 nitrogen and oxygen atoms in total. The molecule has 130 valence electrons. The number of carbonyl (C=O) groups is 1. The van der Waals surface area contributed by atoms with E-state index in [0.717, 1.165) is 11.1 Å². The summed E-state index contributed by atoms with van der Waals surface area (Å²) in [5.41, 5.74) is 2.88. The Bertz CT molecular complexity index is 911. The molecule has 0 unspecified atom stereocenters. The van der Waals surface area contributed by atoms with Crippen LogP contribution in [0.25, 0.3) is 11.5 Å². The monoisotopic (exact) mass is 347 g/mol. The highest BCUT2D eigenvalue weighted by Crippen LogP contribution is 2.19. The minimum atomic E-state index is -0.434. The van der Waals surface area contributed by atoms with Gasteiger partial charge in [-0.3, -0.25) is 0 Å². The van der Waals surface area contributed by atoms with Gasteiger partial charge in [0.15, 0.2) is 0 Å². The van der Waals surface area contributed by atoms with Gasteiger partial charge < -0.3 is 14.1 Å². The van der Waals surface area contributed by atoms with Crippen molar-refractivity contribution >= 4 is 6.09 Å². The fourth-order valence-electron chi connectivity index (χ4n) is 2.34. The Morgan fingerprint density at radius 1 is 1.19 bits per heavy atom. The number of aromatic nitrogens is 1. The maximum absolute atomic E-state index is 12.1. The summed E-state index contributed by atoms with van der Waals surface area (Å²) < 4.78 is 10.7. The molecule has 0 bridgehead atoms. The first-order valence-electron chi connectivity index (χ1n) is 8.02. The summed E-state index contributed by atoms with van der Waals surface area (Å²) in [6, 6.07) is 18.5. The minimum absolute atomic E-state index is 0.222. The zero-order valence-electron chi connectivity index (χ0n) is 14.3. The topological polar surface area (TPSA) is 79.4 Å². The predicted octanol–water partition coefficient (Wildman–Crippen LogP) is 3.98. The van der Waals surface area contributed by atoms with Crippen molar-refractivity contribution in [3.8, 4) is 17.5 Å². The smallest absolute Gasteiger partial charge is 0.410 e. The Morgan fingerprint density at radius 3 is 2.62 bits per heavy atom. The lowest BCUT2D eigenvalue weighted by Gasteiger charge is -2.15. The third-order valence-electron chi connectivity index (χ3n) is 3.73. The van der Waals surface area contributed by atoms with Crippen LogP contribution in [0.15, 0.2) is 65.3 Å².